The fraction of sp³-hybridized carbons (Fsp3) is 0.500. The van der Waals surface area contributed by atoms with E-state index in [2.05, 4.69) is 10.2 Å². The van der Waals surface area contributed by atoms with Gasteiger partial charge in [0.25, 0.3) is 0 Å². The molecule has 0 saturated carbocycles. The fourth-order valence-corrected chi connectivity index (χ4v) is 3.12. The maximum atomic E-state index is 5.72. The van der Waals surface area contributed by atoms with Gasteiger partial charge in [-0.3, -0.25) is 9.67 Å². The molecule has 1 N–H and O–H groups in total. The maximum absolute atomic E-state index is 5.72. The molecule has 1 saturated heterocycles. The van der Waals surface area contributed by atoms with Gasteiger partial charge in [0.2, 0.25) is 5.75 Å². The van der Waals surface area contributed by atoms with Crippen LogP contribution in [0.15, 0.2) is 12.1 Å². The van der Waals surface area contributed by atoms with Crippen molar-refractivity contribution in [2.24, 2.45) is 0 Å². The number of nitrogens with one attached hydrogen (secondary N) is 1. The summed E-state index contributed by atoms with van der Waals surface area (Å²) in [6.07, 6.45) is 2.27. The molecule has 3 rings (SSSR count). The summed E-state index contributed by atoms with van der Waals surface area (Å²) in [4.78, 5) is 0. The monoisotopic (exact) mass is 351 g/mol. The summed E-state index contributed by atoms with van der Waals surface area (Å²) >= 11 is 5.38. The number of hydrogen-bond donors (Lipinski definition) is 1. The lowest BCUT2D eigenvalue weighted by molar-refractivity contribution is 0.0970. The molecule has 0 radical (unpaired) electrons. The van der Waals surface area contributed by atoms with Crippen molar-refractivity contribution in [1.82, 2.24) is 14.8 Å². The molecule has 2 heterocycles. The minimum Gasteiger partial charge on any atom is -0.493 e. The lowest BCUT2D eigenvalue weighted by Crippen LogP contribution is -2.16. The number of aromatic amines is 1. The van der Waals surface area contributed by atoms with E-state index in [-0.39, 0.29) is 6.10 Å². The number of aromatic nitrogens is 3. The Morgan fingerprint density at radius 2 is 1.96 bits per heavy atom. The first-order valence-electron chi connectivity index (χ1n) is 7.75. The second-order valence-corrected chi connectivity index (χ2v) is 5.90. The van der Waals surface area contributed by atoms with Gasteiger partial charge in [-0.2, -0.15) is 5.10 Å². The second kappa shape index (κ2) is 7.23. The first-order valence-corrected chi connectivity index (χ1v) is 8.16. The van der Waals surface area contributed by atoms with Crippen LogP contribution in [0.25, 0.3) is 11.4 Å². The normalized spacial score (nSPS) is 17.0. The molecule has 0 bridgehead atoms. The van der Waals surface area contributed by atoms with Crippen molar-refractivity contribution in [2.75, 3.05) is 27.9 Å². The molecule has 1 atom stereocenters. The summed E-state index contributed by atoms with van der Waals surface area (Å²) < 4.78 is 24.4. The minimum atomic E-state index is 0.162. The Morgan fingerprint density at radius 1 is 1.25 bits per heavy atom. The average Bonchev–Trinajstić information content (AvgIpc) is 3.24. The average molecular weight is 351 g/mol. The van der Waals surface area contributed by atoms with Gasteiger partial charge < -0.3 is 18.9 Å². The lowest BCUT2D eigenvalue weighted by atomic mass is 10.1. The lowest BCUT2D eigenvalue weighted by Gasteiger charge is -2.15. The van der Waals surface area contributed by atoms with Crippen LogP contribution in [-0.4, -0.2) is 48.8 Å². The summed E-state index contributed by atoms with van der Waals surface area (Å²) in [6.45, 7) is 1.47. The minimum absolute atomic E-state index is 0.162. The van der Waals surface area contributed by atoms with Gasteiger partial charge in [-0.25, -0.2) is 0 Å². The zero-order chi connectivity index (χ0) is 17.1. The summed E-state index contributed by atoms with van der Waals surface area (Å²) in [7, 11) is 4.75. The van der Waals surface area contributed by atoms with Crippen LogP contribution in [0.5, 0.6) is 17.2 Å². The quantitative estimate of drug-likeness (QED) is 0.807. The summed E-state index contributed by atoms with van der Waals surface area (Å²) in [5.74, 6) is 2.41. The number of H-pyrrole nitrogens is 1. The van der Waals surface area contributed by atoms with E-state index in [4.69, 9.17) is 31.2 Å². The van der Waals surface area contributed by atoms with Gasteiger partial charge in [0.05, 0.1) is 34.0 Å². The number of nitrogens with zero attached hydrogens (tertiary/aromatic N) is 2. The van der Waals surface area contributed by atoms with E-state index >= 15 is 0 Å². The van der Waals surface area contributed by atoms with Crippen molar-refractivity contribution >= 4 is 12.2 Å². The maximum Gasteiger partial charge on any atom is 0.203 e. The highest BCUT2D eigenvalue weighted by atomic mass is 32.1. The molecule has 1 aliphatic heterocycles. The van der Waals surface area contributed by atoms with Crippen molar-refractivity contribution in [3.63, 3.8) is 0 Å². The molecule has 1 fully saturated rings. The first kappa shape index (κ1) is 16.8. The van der Waals surface area contributed by atoms with Gasteiger partial charge in [0, 0.05) is 12.2 Å². The van der Waals surface area contributed by atoms with Crippen molar-refractivity contribution in [3.05, 3.63) is 16.9 Å². The Kier molecular flexibility index (Phi) is 5.06. The van der Waals surface area contributed by atoms with Gasteiger partial charge in [0.15, 0.2) is 22.1 Å². The fourth-order valence-electron chi connectivity index (χ4n) is 2.91. The number of ether oxygens (including phenoxy) is 4. The topological polar surface area (TPSA) is 70.5 Å². The zero-order valence-electron chi connectivity index (χ0n) is 14.0. The van der Waals surface area contributed by atoms with Gasteiger partial charge in [0.1, 0.15) is 0 Å². The van der Waals surface area contributed by atoms with E-state index in [1.165, 1.54) is 0 Å². The predicted molar refractivity (Wildman–Crippen MR) is 91.5 cm³/mol. The highest BCUT2D eigenvalue weighted by Gasteiger charge is 2.21. The molecule has 0 aliphatic carbocycles. The molecule has 8 heteroatoms. The van der Waals surface area contributed by atoms with E-state index < -0.39 is 0 Å². The molecule has 24 heavy (non-hydrogen) atoms. The van der Waals surface area contributed by atoms with E-state index in [0.717, 1.165) is 30.8 Å². The largest absolute Gasteiger partial charge is 0.493 e. The van der Waals surface area contributed by atoms with Gasteiger partial charge in [-0.1, -0.05) is 0 Å². The summed E-state index contributed by atoms with van der Waals surface area (Å²) in [5, 5.41) is 7.23. The molecular weight excluding hydrogens is 330 g/mol. The van der Waals surface area contributed by atoms with Crippen LogP contribution in [0, 0.1) is 4.77 Å². The highest BCUT2D eigenvalue weighted by molar-refractivity contribution is 7.71. The Balaban J connectivity index is 2.04. The zero-order valence-corrected chi connectivity index (χ0v) is 14.8. The van der Waals surface area contributed by atoms with Gasteiger partial charge in [-0.15, -0.1) is 0 Å². The molecule has 1 aromatic heterocycles. The number of hydrogen-bond acceptors (Lipinski definition) is 6. The van der Waals surface area contributed by atoms with Crippen LogP contribution in [0.4, 0.5) is 0 Å². The van der Waals surface area contributed by atoms with E-state index in [9.17, 15) is 0 Å². The van der Waals surface area contributed by atoms with Crippen LogP contribution in [-0.2, 0) is 11.3 Å². The summed E-state index contributed by atoms with van der Waals surface area (Å²) in [6, 6.07) is 3.72. The van der Waals surface area contributed by atoms with Gasteiger partial charge in [-0.05, 0) is 37.2 Å². The van der Waals surface area contributed by atoms with Crippen LogP contribution < -0.4 is 14.2 Å². The van der Waals surface area contributed by atoms with Crippen LogP contribution in [0.2, 0.25) is 0 Å². The molecule has 0 amide bonds. The molecule has 0 spiro atoms. The third kappa shape index (κ3) is 3.11. The smallest absolute Gasteiger partial charge is 0.203 e. The molecule has 1 aliphatic rings. The number of methoxy groups -OCH3 is 3. The van der Waals surface area contributed by atoms with E-state index in [0.29, 0.717) is 28.6 Å². The highest BCUT2D eigenvalue weighted by Crippen LogP contribution is 2.40. The van der Waals surface area contributed by atoms with E-state index in [1.54, 1.807) is 21.3 Å². The van der Waals surface area contributed by atoms with Crippen molar-refractivity contribution in [2.45, 2.75) is 25.5 Å². The number of rotatable bonds is 6. The first-order chi connectivity index (χ1) is 11.7. The van der Waals surface area contributed by atoms with Crippen molar-refractivity contribution < 1.29 is 18.9 Å². The summed E-state index contributed by atoms with van der Waals surface area (Å²) in [5.41, 5.74) is 0.829. The molecule has 1 aromatic carbocycles. The van der Waals surface area contributed by atoms with Crippen molar-refractivity contribution in [3.8, 4) is 28.6 Å². The standard InChI is InChI=1S/C16H21N3O4S/c1-20-12-7-10(8-13(21-2)14(12)22-3)15-17-18-16(24)19(15)9-11-5-4-6-23-11/h7-8,11H,4-6,9H2,1-3H3,(H,18,24)/t11-/m1/s1. The van der Waals surface area contributed by atoms with E-state index in [1.807, 2.05) is 16.7 Å². The molecule has 2 aromatic rings. The third-order valence-corrected chi connectivity index (χ3v) is 4.40. The van der Waals surface area contributed by atoms with Crippen LogP contribution in [0.1, 0.15) is 12.8 Å². The Hall–Kier alpha value is -2.06. The predicted octanol–water partition coefficient (Wildman–Crippen LogP) is 2.81. The second-order valence-electron chi connectivity index (χ2n) is 5.51. The molecule has 130 valence electrons. The van der Waals surface area contributed by atoms with Crippen LogP contribution in [0.3, 0.4) is 0 Å². The Bertz CT molecular complexity index is 740. The molecular formula is C16H21N3O4S. The van der Waals surface area contributed by atoms with Crippen LogP contribution >= 0.6 is 12.2 Å². The third-order valence-electron chi connectivity index (χ3n) is 4.09. The molecule has 0 unspecified atom stereocenters. The van der Waals surface area contributed by atoms with Gasteiger partial charge >= 0.3 is 0 Å². The SMILES string of the molecule is COc1cc(-c2n[nH]c(=S)n2C[C@H]2CCCO2)cc(OC)c1OC. The Morgan fingerprint density at radius 3 is 2.50 bits per heavy atom. The number of benzene rings is 1. The van der Waals surface area contributed by atoms with Crippen molar-refractivity contribution in [1.29, 1.82) is 0 Å². The molecule has 7 nitrogen and oxygen atoms in total. The Labute approximate surface area is 145 Å².